The van der Waals surface area contributed by atoms with Gasteiger partial charge in [0.1, 0.15) is 5.82 Å². The molecule has 0 radical (unpaired) electrons. The first kappa shape index (κ1) is 20.1. The molecule has 5 heteroatoms. The van der Waals surface area contributed by atoms with Crippen LogP contribution in [-0.2, 0) is 13.0 Å². The predicted molar refractivity (Wildman–Crippen MR) is 117 cm³/mol. The van der Waals surface area contributed by atoms with Crippen molar-refractivity contribution in [1.82, 2.24) is 4.57 Å². The fourth-order valence-electron chi connectivity index (χ4n) is 4.10. The highest BCUT2D eigenvalue weighted by atomic mass is 19.1. The van der Waals surface area contributed by atoms with E-state index in [-0.39, 0.29) is 23.3 Å². The van der Waals surface area contributed by atoms with Crippen molar-refractivity contribution in [3.05, 3.63) is 98.7 Å². The fourth-order valence-corrected chi connectivity index (χ4v) is 4.10. The summed E-state index contributed by atoms with van der Waals surface area (Å²) in [6.07, 6.45) is 3.14. The van der Waals surface area contributed by atoms with Gasteiger partial charge in [-0.05, 0) is 74.6 Å². The van der Waals surface area contributed by atoms with Crippen LogP contribution in [0, 0.1) is 19.7 Å². The molecule has 2 heterocycles. The van der Waals surface area contributed by atoms with Crippen LogP contribution < -0.4 is 10.5 Å². The van der Waals surface area contributed by atoms with Crippen LogP contribution in [0.25, 0.3) is 0 Å². The van der Waals surface area contributed by atoms with Crippen LogP contribution in [0.1, 0.15) is 46.0 Å². The topological polar surface area (TPSA) is 42.3 Å². The van der Waals surface area contributed by atoms with Crippen LogP contribution >= 0.6 is 0 Å². The third-order valence-corrected chi connectivity index (χ3v) is 5.87. The standard InChI is InChI=1S/C25H25FN2O2/c1-16-4-5-17(2)21(12-16)15-27-14-20(8-11-24(27)29)25(30)28-18(3)6-7-19-13-22(26)9-10-23(19)28/h4-5,8-14,18H,6-7,15H2,1-3H3/t18-/m0/s1. The summed E-state index contributed by atoms with van der Waals surface area (Å²) in [4.78, 5) is 27.6. The lowest BCUT2D eigenvalue weighted by Gasteiger charge is -2.35. The van der Waals surface area contributed by atoms with Crippen molar-refractivity contribution in [1.29, 1.82) is 0 Å². The van der Waals surface area contributed by atoms with Crippen molar-refractivity contribution in [2.45, 2.75) is 46.2 Å². The quantitative estimate of drug-likeness (QED) is 0.639. The van der Waals surface area contributed by atoms with Crippen LogP contribution in [-0.4, -0.2) is 16.5 Å². The SMILES string of the molecule is Cc1ccc(C)c(Cn2cc(C(=O)N3c4ccc(F)cc4CC[C@@H]3C)ccc2=O)c1. The number of aryl methyl sites for hydroxylation is 3. The van der Waals surface area contributed by atoms with Crippen LogP contribution in [0.5, 0.6) is 0 Å². The van der Waals surface area contributed by atoms with Gasteiger partial charge < -0.3 is 9.47 Å². The maximum Gasteiger partial charge on any atom is 0.260 e. The first-order valence-corrected chi connectivity index (χ1v) is 10.2. The molecule has 0 aliphatic carbocycles. The first-order chi connectivity index (χ1) is 14.3. The largest absolute Gasteiger partial charge is 0.310 e. The highest BCUT2D eigenvalue weighted by Gasteiger charge is 2.29. The number of hydrogen-bond acceptors (Lipinski definition) is 2. The molecule has 1 aliphatic heterocycles. The Balaban J connectivity index is 1.70. The van der Waals surface area contributed by atoms with Crippen LogP contribution in [0.2, 0.25) is 0 Å². The summed E-state index contributed by atoms with van der Waals surface area (Å²) >= 11 is 0. The summed E-state index contributed by atoms with van der Waals surface area (Å²) in [5.41, 5.74) is 5.16. The molecular weight excluding hydrogens is 379 g/mol. The molecule has 4 rings (SSSR count). The maximum absolute atomic E-state index is 13.7. The zero-order chi connectivity index (χ0) is 21.4. The van der Waals surface area contributed by atoms with Gasteiger partial charge in [-0.3, -0.25) is 9.59 Å². The number of benzene rings is 2. The molecule has 0 bridgehead atoms. The number of fused-ring (bicyclic) bond motifs is 1. The number of nitrogens with zero attached hydrogens (tertiary/aromatic N) is 2. The smallest absolute Gasteiger partial charge is 0.260 e. The van der Waals surface area contributed by atoms with E-state index in [9.17, 15) is 14.0 Å². The van der Waals surface area contributed by atoms with Gasteiger partial charge in [0.15, 0.2) is 0 Å². The van der Waals surface area contributed by atoms with Crippen molar-refractivity contribution in [2.24, 2.45) is 0 Å². The Morgan fingerprint density at radius 3 is 2.70 bits per heavy atom. The van der Waals surface area contributed by atoms with Gasteiger partial charge in [0.25, 0.3) is 11.5 Å². The van der Waals surface area contributed by atoms with Gasteiger partial charge in [-0.25, -0.2) is 4.39 Å². The summed E-state index contributed by atoms with van der Waals surface area (Å²) < 4.78 is 15.2. The third kappa shape index (κ3) is 3.80. The van der Waals surface area contributed by atoms with Crippen molar-refractivity contribution in [3.63, 3.8) is 0 Å². The average molecular weight is 404 g/mol. The molecule has 4 nitrogen and oxygen atoms in total. The van der Waals surface area contributed by atoms with E-state index in [1.54, 1.807) is 27.8 Å². The zero-order valence-corrected chi connectivity index (χ0v) is 17.5. The number of carbonyl (C=O) groups excluding carboxylic acids is 1. The molecule has 1 atom stereocenters. The molecule has 1 aromatic heterocycles. The molecular formula is C25H25FN2O2. The maximum atomic E-state index is 13.7. The second-order valence-corrected chi connectivity index (χ2v) is 8.15. The Hall–Kier alpha value is -3.21. The first-order valence-electron chi connectivity index (χ1n) is 10.2. The minimum atomic E-state index is -0.294. The minimum absolute atomic E-state index is 0.00476. The van der Waals surface area contributed by atoms with Gasteiger partial charge in [0, 0.05) is 24.0 Å². The Morgan fingerprint density at radius 1 is 1.10 bits per heavy atom. The second-order valence-electron chi connectivity index (χ2n) is 8.15. The van der Waals surface area contributed by atoms with Gasteiger partial charge in [-0.1, -0.05) is 23.8 Å². The Labute approximate surface area is 175 Å². The Bertz CT molecular complexity index is 1180. The highest BCUT2D eigenvalue weighted by Crippen LogP contribution is 2.32. The Morgan fingerprint density at radius 2 is 1.90 bits per heavy atom. The monoisotopic (exact) mass is 404 g/mol. The molecule has 3 aromatic rings. The summed E-state index contributed by atoms with van der Waals surface area (Å²) in [6.45, 7) is 6.44. The van der Waals surface area contributed by atoms with E-state index < -0.39 is 0 Å². The van der Waals surface area contributed by atoms with Gasteiger partial charge in [0.05, 0.1) is 12.1 Å². The zero-order valence-electron chi connectivity index (χ0n) is 17.5. The average Bonchev–Trinajstić information content (AvgIpc) is 2.72. The van der Waals surface area contributed by atoms with E-state index in [0.29, 0.717) is 12.1 Å². The summed E-state index contributed by atoms with van der Waals surface area (Å²) in [5, 5.41) is 0. The molecule has 30 heavy (non-hydrogen) atoms. The van der Waals surface area contributed by atoms with Crippen molar-refractivity contribution < 1.29 is 9.18 Å². The van der Waals surface area contributed by atoms with Gasteiger partial charge in [-0.2, -0.15) is 0 Å². The van der Waals surface area contributed by atoms with Crippen LogP contribution in [0.3, 0.4) is 0 Å². The minimum Gasteiger partial charge on any atom is -0.310 e. The van der Waals surface area contributed by atoms with Crippen LogP contribution in [0.4, 0.5) is 10.1 Å². The number of rotatable bonds is 3. The van der Waals surface area contributed by atoms with E-state index >= 15 is 0 Å². The molecule has 0 unspecified atom stereocenters. The fraction of sp³-hybridized carbons (Fsp3) is 0.280. The van der Waals surface area contributed by atoms with Crippen molar-refractivity contribution >= 4 is 11.6 Å². The number of amides is 1. The number of halogens is 1. The lowest BCUT2D eigenvalue weighted by atomic mass is 9.95. The van der Waals surface area contributed by atoms with E-state index in [2.05, 4.69) is 6.07 Å². The van der Waals surface area contributed by atoms with Gasteiger partial charge in [0.2, 0.25) is 0 Å². The Kier molecular flexibility index (Phi) is 5.29. The molecule has 0 N–H and O–H groups in total. The summed E-state index contributed by atoms with van der Waals surface area (Å²) in [5.74, 6) is -0.470. The van der Waals surface area contributed by atoms with E-state index in [0.717, 1.165) is 40.8 Å². The number of anilines is 1. The van der Waals surface area contributed by atoms with Crippen molar-refractivity contribution in [2.75, 3.05) is 4.90 Å². The molecule has 1 aliphatic rings. The lowest BCUT2D eigenvalue weighted by Crippen LogP contribution is -2.42. The van der Waals surface area contributed by atoms with Gasteiger partial charge >= 0.3 is 0 Å². The third-order valence-electron chi connectivity index (χ3n) is 5.87. The van der Waals surface area contributed by atoms with Crippen molar-refractivity contribution in [3.8, 4) is 0 Å². The second kappa shape index (κ2) is 7.90. The molecule has 0 fully saturated rings. The summed E-state index contributed by atoms with van der Waals surface area (Å²) in [7, 11) is 0. The van der Waals surface area contributed by atoms with Crippen LogP contribution in [0.15, 0.2) is 59.5 Å². The number of aromatic nitrogens is 1. The lowest BCUT2D eigenvalue weighted by molar-refractivity contribution is 0.0974. The number of pyridine rings is 1. The highest BCUT2D eigenvalue weighted by molar-refractivity contribution is 6.07. The summed E-state index contributed by atoms with van der Waals surface area (Å²) in [6, 6.07) is 13.7. The molecule has 1 amide bonds. The number of hydrogen-bond donors (Lipinski definition) is 0. The van der Waals surface area contributed by atoms with E-state index in [1.165, 1.54) is 18.2 Å². The normalized spacial score (nSPS) is 15.7. The molecule has 0 saturated carbocycles. The molecule has 2 aromatic carbocycles. The molecule has 0 saturated heterocycles. The predicted octanol–water partition coefficient (Wildman–Crippen LogP) is 4.63. The van der Waals surface area contributed by atoms with E-state index in [4.69, 9.17) is 0 Å². The van der Waals surface area contributed by atoms with E-state index in [1.807, 2.05) is 32.9 Å². The number of carbonyl (C=O) groups is 1. The van der Waals surface area contributed by atoms with Gasteiger partial charge in [-0.15, -0.1) is 0 Å². The molecule has 0 spiro atoms. The molecule has 154 valence electrons.